The van der Waals surface area contributed by atoms with Crippen molar-refractivity contribution in [1.29, 1.82) is 0 Å². The molecule has 0 radical (unpaired) electrons. The Morgan fingerprint density at radius 2 is 1.24 bits per heavy atom. The van der Waals surface area contributed by atoms with Crippen LogP contribution in [0, 0.1) is 11.8 Å². The molecule has 0 bridgehead atoms. The Labute approximate surface area is 338 Å². The summed E-state index contributed by atoms with van der Waals surface area (Å²) >= 11 is 0. The number of benzene rings is 2. The molecule has 0 spiro atoms. The summed E-state index contributed by atoms with van der Waals surface area (Å²) in [5.41, 5.74) is 5.55. The molecule has 3 aliphatic heterocycles. The number of fused-ring (bicyclic) bond motifs is 2. The van der Waals surface area contributed by atoms with E-state index in [2.05, 4.69) is 32.7 Å². The largest absolute Gasteiger partial charge is 0.457 e. The lowest BCUT2D eigenvalue weighted by Gasteiger charge is -2.31. The predicted octanol–water partition coefficient (Wildman–Crippen LogP) is 7.03. The number of imidazole rings is 2. The van der Waals surface area contributed by atoms with E-state index in [1.165, 1.54) is 14.2 Å². The van der Waals surface area contributed by atoms with Gasteiger partial charge in [-0.25, -0.2) is 19.6 Å². The molecular formula is C43H54N8O7. The van der Waals surface area contributed by atoms with Crippen LogP contribution in [0.3, 0.4) is 0 Å². The summed E-state index contributed by atoms with van der Waals surface area (Å²) in [5.74, 6) is 2.54. The fraction of sp³-hybridized carbons (Fsp3) is 0.488. The molecule has 2 aromatic carbocycles. The number of rotatable bonds is 12. The van der Waals surface area contributed by atoms with Crippen molar-refractivity contribution in [2.45, 2.75) is 96.8 Å². The van der Waals surface area contributed by atoms with Gasteiger partial charge in [-0.15, -0.1) is 0 Å². The minimum Gasteiger partial charge on any atom is -0.457 e. The molecule has 5 heterocycles. The summed E-state index contributed by atoms with van der Waals surface area (Å²) in [4.78, 5) is 71.8. The summed E-state index contributed by atoms with van der Waals surface area (Å²) in [6, 6.07) is 10.4. The van der Waals surface area contributed by atoms with E-state index in [4.69, 9.17) is 24.2 Å². The zero-order valence-corrected chi connectivity index (χ0v) is 34.1. The van der Waals surface area contributed by atoms with Crippen LogP contribution in [-0.4, -0.2) is 93.1 Å². The van der Waals surface area contributed by atoms with Gasteiger partial charge in [0.1, 0.15) is 35.2 Å². The van der Waals surface area contributed by atoms with Gasteiger partial charge in [0, 0.05) is 36.2 Å². The third kappa shape index (κ3) is 8.12. The topological polar surface area (TPSA) is 184 Å². The summed E-state index contributed by atoms with van der Waals surface area (Å²) in [6.07, 6.45) is 7.78. The molecule has 2 fully saturated rings. The Hall–Kier alpha value is -5.86. The quantitative estimate of drug-likeness (QED) is 0.103. The van der Waals surface area contributed by atoms with Crippen molar-refractivity contribution in [2.24, 2.45) is 11.8 Å². The number of amides is 4. The van der Waals surface area contributed by atoms with E-state index >= 15 is 0 Å². The molecule has 308 valence electrons. The number of ether oxygens (including phenoxy) is 3. The van der Waals surface area contributed by atoms with Crippen molar-refractivity contribution in [2.75, 3.05) is 27.3 Å². The minimum atomic E-state index is -0.680. The summed E-state index contributed by atoms with van der Waals surface area (Å²) in [6.45, 7) is 9.11. The normalized spacial score (nSPS) is 19.3. The number of carbonyl (C=O) groups excluding carboxylic acids is 4. The van der Waals surface area contributed by atoms with Gasteiger partial charge in [0.15, 0.2) is 0 Å². The number of nitrogens with zero attached hydrogens (tertiary/aromatic N) is 4. The Morgan fingerprint density at radius 1 is 0.741 bits per heavy atom. The van der Waals surface area contributed by atoms with Gasteiger partial charge in [0.05, 0.1) is 50.1 Å². The number of carbonyl (C=O) groups is 4. The van der Waals surface area contributed by atoms with Gasteiger partial charge in [-0.1, -0.05) is 52.7 Å². The molecule has 2 saturated heterocycles. The van der Waals surface area contributed by atoms with Gasteiger partial charge in [0.25, 0.3) is 0 Å². The lowest BCUT2D eigenvalue weighted by Crippen LogP contribution is -2.51. The van der Waals surface area contributed by atoms with Crippen molar-refractivity contribution in [3.63, 3.8) is 0 Å². The molecule has 0 unspecified atom stereocenters. The molecule has 4 aromatic rings. The Bertz CT molecular complexity index is 2000. The number of aromatic amines is 2. The number of alkyl carbamates (subject to hydrolysis) is 2. The fourth-order valence-corrected chi connectivity index (χ4v) is 8.34. The van der Waals surface area contributed by atoms with Crippen LogP contribution in [0.1, 0.15) is 101 Å². The molecule has 58 heavy (non-hydrogen) atoms. The zero-order chi connectivity index (χ0) is 41.1. The lowest BCUT2D eigenvalue weighted by atomic mass is 9.97. The third-order valence-corrected chi connectivity index (χ3v) is 12.1. The number of H-pyrrole nitrogens is 2. The molecule has 2 aromatic heterocycles. The van der Waals surface area contributed by atoms with Crippen LogP contribution >= 0.6 is 0 Å². The van der Waals surface area contributed by atoms with Crippen LogP contribution in [0.2, 0.25) is 0 Å². The molecule has 4 N–H and O–H groups in total. The number of methoxy groups -OCH3 is 2. The number of nitrogens with one attached hydrogen (secondary N) is 4. The number of hydrogen-bond donors (Lipinski definition) is 4. The van der Waals surface area contributed by atoms with Crippen molar-refractivity contribution in [1.82, 2.24) is 40.4 Å². The lowest BCUT2D eigenvalue weighted by molar-refractivity contribution is -0.136. The van der Waals surface area contributed by atoms with Gasteiger partial charge >= 0.3 is 12.2 Å². The third-order valence-electron chi connectivity index (χ3n) is 12.1. The standard InChI is InChI=1S/C43H54N8O7/c1-7-24(3)36(48-42(54)56-5)40(52)50-17-9-11-32(50)30-22-44-38(46-30)27-15-16-34-29(20-27)19-26-13-14-28(21-35(26)58-34)39-45-23-31(47-39)33-12-10-18-51(33)41(53)37(25(4)8-2)49-43(55)57-6/h13-16,20-25,32-33,36-37H,7-12,17-19H2,1-6H3,(H,44,46)(H,45,47)(H,48,54)(H,49,55)/t24-,25-,32-,33-,36-,37-/m0/s1. The van der Waals surface area contributed by atoms with Gasteiger partial charge in [0.2, 0.25) is 11.8 Å². The molecule has 15 nitrogen and oxygen atoms in total. The van der Waals surface area contributed by atoms with Crippen molar-refractivity contribution in [3.05, 3.63) is 71.3 Å². The highest BCUT2D eigenvalue weighted by atomic mass is 16.5. The highest BCUT2D eigenvalue weighted by molar-refractivity contribution is 5.87. The SMILES string of the molecule is CC[C@H](C)[C@H](NC(=O)OC)C(=O)N1CCC[C@H]1c1cnc(-c2ccc3c(c2)Cc2ccc(-c4ncc([C@@H]5CCCN5C(=O)[C@@H](NC(=O)OC)[C@@H](C)CC)[nH]4)cc2O3)[nH]1. The molecule has 4 amide bonds. The van der Waals surface area contributed by atoms with E-state index < -0.39 is 24.3 Å². The Morgan fingerprint density at radius 3 is 1.74 bits per heavy atom. The second kappa shape index (κ2) is 17.3. The summed E-state index contributed by atoms with van der Waals surface area (Å²) < 4.78 is 16.1. The second-order valence-electron chi connectivity index (χ2n) is 15.7. The zero-order valence-electron chi connectivity index (χ0n) is 34.1. The van der Waals surface area contributed by atoms with Crippen molar-refractivity contribution >= 4 is 24.0 Å². The average Bonchev–Trinajstić information content (AvgIpc) is 4.09. The molecule has 3 aliphatic rings. The van der Waals surface area contributed by atoms with Crippen LogP contribution < -0.4 is 15.4 Å². The first-order chi connectivity index (χ1) is 28.0. The number of likely N-dealkylation sites (tertiary alicyclic amines) is 2. The molecule has 15 heteroatoms. The van der Waals surface area contributed by atoms with Crippen molar-refractivity contribution in [3.8, 4) is 34.3 Å². The van der Waals surface area contributed by atoms with E-state index in [1.807, 2.05) is 61.8 Å². The maximum absolute atomic E-state index is 13.8. The monoisotopic (exact) mass is 794 g/mol. The minimum absolute atomic E-state index is 0.0584. The van der Waals surface area contributed by atoms with Crippen LogP contribution in [0.25, 0.3) is 22.8 Å². The molecule has 7 rings (SSSR count). The van der Waals surface area contributed by atoms with E-state index in [0.29, 0.717) is 31.2 Å². The average molecular weight is 795 g/mol. The fourth-order valence-electron chi connectivity index (χ4n) is 8.34. The maximum Gasteiger partial charge on any atom is 0.407 e. The predicted molar refractivity (Wildman–Crippen MR) is 216 cm³/mol. The van der Waals surface area contributed by atoms with E-state index in [0.717, 1.165) is 83.7 Å². The second-order valence-corrected chi connectivity index (χ2v) is 15.7. The van der Waals surface area contributed by atoms with E-state index in [9.17, 15) is 19.2 Å². The van der Waals surface area contributed by atoms with Crippen LogP contribution in [-0.2, 0) is 25.5 Å². The molecule has 0 saturated carbocycles. The van der Waals surface area contributed by atoms with Gasteiger partial charge in [-0.3, -0.25) is 9.59 Å². The van der Waals surface area contributed by atoms with Gasteiger partial charge in [-0.2, -0.15) is 0 Å². The molecular weight excluding hydrogens is 741 g/mol. The first kappa shape index (κ1) is 40.3. The smallest absolute Gasteiger partial charge is 0.407 e. The van der Waals surface area contributed by atoms with Crippen molar-refractivity contribution < 1.29 is 33.4 Å². The first-order valence-electron chi connectivity index (χ1n) is 20.4. The Balaban J connectivity index is 1.03. The van der Waals surface area contributed by atoms with Crippen LogP contribution in [0.4, 0.5) is 9.59 Å². The van der Waals surface area contributed by atoms with Crippen LogP contribution in [0.15, 0.2) is 48.8 Å². The molecule has 6 atom stereocenters. The Kier molecular flexibility index (Phi) is 12.1. The van der Waals surface area contributed by atoms with E-state index in [-0.39, 0.29) is 35.7 Å². The summed E-state index contributed by atoms with van der Waals surface area (Å²) in [5, 5.41) is 5.51. The highest BCUT2D eigenvalue weighted by Crippen LogP contribution is 2.41. The number of hydrogen-bond acceptors (Lipinski definition) is 9. The highest BCUT2D eigenvalue weighted by Gasteiger charge is 2.39. The molecule has 0 aliphatic carbocycles. The maximum atomic E-state index is 13.8. The first-order valence-corrected chi connectivity index (χ1v) is 20.4. The van der Waals surface area contributed by atoms with Gasteiger partial charge < -0.3 is 44.6 Å². The van der Waals surface area contributed by atoms with Gasteiger partial charge in [-0.05, 0) is 67.3 Å². The van der Waals surface area contributed by atoms with Crippen LogP contribution in [0.5, 0.6) is 11.5 Å². The number of aromatic nitrogens is 4. The van der Waals surface area contributed by atoms with E-state index in [1.54, 1.807) is 12.4 Å². The summed E-state index contributed by atoms with van der Waals surface area (Å²) in [7, 11) is 2.60.